The molecule has 8 heteroatoms. The Morgan fingerprint density at radius 2 is 1.53 bits per heavy atom. The summed E-state index contributed by atoms with van der Waals surface area (Å²) >= 11 is 0. The van der Waals surface area contributed by atoms with E-state index in [-0.39, 0.29) is 13.2 Å². The van der Waals surface area contributed by atoms with Crippen molar-refractivity contribution in [1.29, 1.82) is 0 Å². The number of benzene rings is 3. The molecule has 0 unspecified atom stereocenters. The molecular formula is C24H26NO6P. The lowest BCUT2D eigenvalue weighted by molar-refractivity contribution is -0.483. The lowest BCUT2D eigenvalue weighted by Gasteiger charge is -2.30. The van der Waals surface area contributed by atoms with Crippen LogP contribution >= 0.6 is 7.60 Å². The third-order valence-corrected chi connectivity index (χ3v) is 7.75. The molecule has 0 aromatic heterocycles. The zero-order chi connectivity index (χ0) is 23.1. The molecule has 32 heavy (non-hydrogen) atoms. The maximum atomic E-state index is 14.0. The Morgan fingerprint density at radius 3 is 2.16 bits per heavy atom. The van der Waals surface area contributed by atoms with Crippen LogP contribution in [-0.4, -0.2) is 36.1 Å². The SMILES string of the molecule is CCOP(=O)(OCC)[C@@H](C(=O)c1ccccc1)[C@@H](C[N+](=O)[O-])c1cccc2ccccc12. The number of hydrogen-bond donors (Lipinski definition) is 0. The largest absolute Gasteiger partial charge is 0.342 e. The molecule has 0 spiro atoms. The number of carbonyl (C=O) groups excluding carboxylic acids is 1. The maximum absolute atomic E-state index is 14.0. The number of hydrogen-bond acceptors (Lipinski definition) is 6. The van der Waals surface area contributed by atoms with Gasteiger partial charge in [-0.1, -0.05) is 72.8 Å². The van der Waals surface area contributed by atoms with Crippen LogP contribution in [0.4, 0.5) is 0 Å². The first-order valence-electron chi connectivity index (χ1n) is 10.5. The van der Waals surface area contributed by atoms with Gasteiger partial charge in [-0.15, -0.1) is 0 Å². The Hall–Kier alpha value is -2.86. The van der Waals surface area contributed by atoms with E-state index < -0.39 is 36.4 Å². The third-order valence-electron chi connectivity index (χ3n) is 5.24. The van der Waals surface area contributed by atoms with Gasteiger partial charge in [-0.25, -0.2) is 0 Å². The van der Waals surface area contributed by atoms with Gasteiger partial charge in [-0.05, 0) is 30.2 Å². The third kappa shape index (κ3) is 5.13. The van der Waals surface area contributed by atoms with Gasteiger partial charge >= 0.3 is 7.60 Å². The molecule has 0 fully saturated rings. The Kier molecular flexibility index (Phi) is 7.91. The molecule has 0 amide bonds. The first-order valence-corrected chi connectivity index (χ1v) is 12.1. The molecule has 3 aromatic rings. The minimum absolute atomic E-state index is 0.0383. The molecule has 2 atom stereocenters. The normalized spacial score (nSPS) is 13.6. The molecule has 0 saturated carbocycles. The second kappa shape index (κ2) is 10.6. The molecule has 0 heterocycles. The van der Waals surface area contributed by atoms with Crippen molar-refractivity contribution in [3.63, 3.8) is 0 Å². The van der Waals surface area contributed by atoms with E-state index >= 15 is 0 Å². The van der Waals surface area contributed by atoms with Crippen LogP contribution in [0.3, 0.4) is 0 Å². The molecule has 0 saturated heterocycles. The average molecular weight is 455 g/mol. The van der Waals surface area contributed by atoms with Gasteiger partial charge in [0.05, 0.1) is 19.1 Å². The summed E-state index contributed by atoms with van der Waals surface area (Å²) in [4.78, 5) is 25.0. The molecule has 0 radical (unpaired) electrons. The van der Waals surface area contributed by atoms with Gasteiger partial charge in [0.2, 0.25) is 6.54 Å². The average Bonchev–Trinajstić information content (AvgIpc) is 2.79. The highest BCUT2D eigenvalue weighted by molar-refractivity contribution is 7.56. The van der Waals surface area contributed by atoms with E-state index in [1.807, 2.05) is 30.3 Å². The fraction of sp³-hybridized carbons (Fsp3) is 0.292. The van der Waals surface area contributed by atoms with Gasteiger partial charge in [-0.2, -0.15) is 0 Å². The maximum Gasteiger partial charge on any atom is 0.342 e. The second-order valence-electron chi connectivity index (χ2n) is 7.24. The molecule has 168 valence electrons. The topological polar surface area (TPSA) is 95.7 Å². The van der Waals surface area contributed by atoms with Crippen LogP contribution in [0, 0.1) is 10.1 Å². The molecule has 0 aliphatic heterocycles. The first-order chi connectivity index (χ1) is 15.4. The van der Waals surface area contributed by atoms with E-state index in [1.165, 1.54) is 0 Å². The predicted octanol–water partition coefficient (Wildman–Crippen LogP) is 5.72. The molecule has 0 N–H and O–H groups in total. The van der Waals surface area contributed by atoms with Crippen molar-refractivity contribution in [2.45, 2.75) is 25.4 Å². The summed E-state index contributed by atoms with van der Waals surface area (Å²) in [7, 11) is -4.06. The van der Waals surface area contributed by atoms with Crippen LogP contribution in [0.5, 0.6) is 0 Å². The van der Waals surface area contributed by atoms with E-state index in [2.05, 4.69) is 0 Å². The van der Waals surface area contributed by atoms with Crippen LogP contribution < -0.4 is 0 Å². The summed E-state index contributed by atoms with van der Waals surface area (Å²) < 4.78 is 25.1. The number of rotatable bonds is 11. The van der Waals surface area contributed by atoms with Crippen LogP contribution in [0.15, 0.2) is 72.8 Å². The molecular weight excluding hydrogens is 429 g/mol. The van der Waals surface area contributed by atoms with Gasteiger partial charge in [0.25, 0.3) is 0 Å². The minimum Gasteiger partial charge on any atom is -0.308 e. The zero-order valence-corrected chi connectivity index (χ0v) is 18.9. The van der Waals surface area contributed by atoms with E-state index in [1.54, 1.807) is 56.3 Å². The van der Waals surface area contributed by atoms with Crippen molar-refractivity contribution in [2.75, 3.05) is 19.8 Å². The molecule has 0 aliphatic carbocycles. The van der Waals surface area contributed by atoms with E-state index in [0.717, 1.165) is 10.8 Å². The fourth-order valence-corrected chi connectivity index (χ4v) is 6.23. The van der Waals surface area contributed by atoms with Crippen molar-refractivity contribution < 1.29 is 23.3 Å². The van der Waals surface area contributed by atoms with Gasteiger partial charge < -0.3 is 9.05 Å². The summed E-state index contributed by atoms with van der Waals surface area (Å²) in [6, 6.07) is 21.2. The van der Waals surface area contributed by atoms with Crippen LogP contribution in [0.2, 0.25) is 0 Å². The Balaban J connectivity index is 2.27. The summed E-state index contributed by atoms with van der Waals surface area (Å²) in [6.45, 7) is 2.78. The summed E-state index contributed by atoms with van der Waals surface area (Å²) in [6.07, 6.45) is 0. The molecule has 7 nitrogen and oxygen atoms in total. The predicted molar refractivity (Wildman–Crippen MR) is 124 cm³/mol. The van der Waals surface area contributed by atoms with Crippen molar-refractivity contribution in [2.24, 2.45) is 0 Å². The van der Waals surface area contributed by atoms with E-state index in [0.29, 0.717) is 11.1 Å². The quantitative estimate of drug-likeness (QED) is 0.159. The van der Waals surface area contributed by atoms with Gasteiger partial charge in [-0.3, -0.25) is 19.5 Å². The summed E-state index contributed by atoms with van der Waals surface area (Å²) in [5.74, 6) is -1.52. The Bertz CT molecular complexity index is 1120. The minimum atomic E-state index is -4.06. The fourth-order valence-electron chi connectivity index (χ4n) is 3.98. The molecule has 3 rings (SSSR count). The van der Waals surface area contributed by atoms with Gasteiger partial charge in [0.15, 0.2) is 5.78 Å². The second-order valence-corrected chi connectivity index (χ2v) is 9.39. The van der Waals surface area contributed by atoms with Gasteiger partial charge in [0, 0.05) is 10.5 Å². The number of carbonyl (C=O) groups is 1. The van der Waals surface area contributed by atoms with Crippen molar-refractivity contribution in [1.82, 2.24) is 0 Å². The van der Waals surface area contributed by atoms with Crippen molar-refractivity contribution in [3.05, 3.63) is 94.0 Å². The van der Waals surface area contributed by atoms with E-state index in [9.17, 15) is 19.5 Å². The summed E-state index contributed by atoms with van der Waals surface area (Å²) in [5.41, 5.74) is -0.513. The number of Topliss-reactive ketones (excluding diaryl/α,β-unsaturated/α-hetero) is 1. The highest BCUT2D eigenvalue weighted by Gasteiger charge is 2.49. The number of ketones is 1. The monoisotopic (exact) mass is 455 g/mol. The van der Waals surface area contributed by atoms with Crippen LogP contribution in [0.25, 0.3) is 10.8 Å². The zero-order valence-electron chi connectivity index (χ0n) is 18.0. The smallest absolute Gasteiger partial charge is 0.308 e. The Morgan fingerprint density at radius 1 is 0.938 bits per heavy atom. The lowest BCUT2D eigenvalue weighted by Crippen LogP contribution is -2.34. The number of fused-ring (bicyclic) bond motifs is 1. The van der Waals surface area contributed by atoms with Crippen LogP contribution in [0.1, 0.15) is 35.7 Å². The number of nitro groups is 1. The summed E-state index contributed by atoms with van der Waals surface area (Å²) in [5, 5.41) is 13.4. The highest BCUT2D eigenvalue weighted by Crippen LogP contribution is 2.58. The molecule has 0 aliphatic rings. The van der Waals surface area contributed by atoms with Crippen molar-refractivity contribution in [3.8, 4) is 0 Å². The lowest BCUT2D eigenvalue weighted by atomic mass is 9.87. The van der Waals surface area contributed by atoms with E-state index in [4.69, 9.17) is 9.05 Å². The number of nitrogens with zero attached hydrogens (tertiary/aromatic N) is 1. The first kappa shape index (κ1) is 23.8. The molecule has 0 bridgehead atoms. The molecule has 3 aromatic carbocycles. The van der Waals surface area contributed by atoms with Gasteiger partial charge in [0.1, 0.15) is 5.66 Å². The standard InChI is InChI=1S/C24H26NO6P/c1-3-30-32(29,31-4-2)24(23(26)19-12-6-5-7-13-19)22(17-25(27)28)21-16-10-14-18-11-8-9-15-20(18)21/h5-16,22,24H,3-4,17H2,1-2H3/t22-,24+/m0/s1. The van der Waals surface area contributed by atoms with Crippen molar-refractivity contribution >= 4 is 24.2 Å². The van der Waals surface area contributed by atoms with Crippen LogP contribution in [-0.2, 0) is 13.6 Å². The highest BCUT2D eigenvalue weighted by atomic mass is 31.2. The Labute approximate surface area is 187 Å².